The Morgan fingerprint density at radius 3 is 2.53 bits per heavy atom. The lowest BCUT2D eigenvalue weighted by molar-refractivity contribution is -0.144. The van der Waals surface area contributed by atoms with E-state index in [1.165, 1.54) is 15.3 Å². The van der Waals surface area contributed by atoms with Gasteiger partial charge in [-0.3, -0.25) is 4.79 Å². The number of hydrogen-bond acceptors (Lipinski definition) is 4. The van der Waals surface area contributed by atoms with E-state index in [0.717, 1.165) is 0 Å². The molecule has 1 atom stereocenters. The SMILES string of the molecule is CCOC(=O)CC(c1cc(C)sc1C)N(C)C. The molecule has 0 N–H and O–H groups in total. The number of rotatable bonds is 5. The van der Waals surface area contributed by atoms with E-state index in [-0.39, 0.29) is 12.0 Å². The van der Waals surface area contributed by atoms with E-state index >= 15 is 0 Å². The average molecular weight is 255 g/mol. The molecule has 0 radical (unpaired) electrons. The molecule has 0 aromatic carbocycles. The molecule has 0 aliphatic rings. The van der Waals surface area contributed by atoms with Gasteiger partial charge < -0.3 is 9.64 Å². The van der Waals surface area contributed by atoms with Crippen LogP contribution in [0.25, 0.3) is 0 Å². The molecule has 1 heterocycles. The maximum absolute atomic E-state index is 11.6. The van der Waals surface area contributed by atoms with Crippen molar-refractivity contribution in [2.75, 3.05) is 20.7 Å². The molecular formula is C13H21NO2S. The minimum absolute atomic E-state index is 0.110. The average Bonchev–Trinajstić information content (AvgIpc) is 2.54. The van der Waals surface area contributed by atoms with Crippen molar-refractivity contribution in [3.8, 4) is 0 Å². The molecule has 0 amide bonds. The summed E-state index contributed by atoms with van der Waals surface area (Å²) in [6.07, 6.45) is 0.415. The maximum atomic E-state index is 11.6. The summed E-state index contributed by atoms with van der Waals surface area (Å²) in [5.41, 5.74) is 1.24. The second-order valence-corrected chi connectivity index (χ2v) is 5.82. The lowest BCUT2D eigenvalue weighted by Crippen LogP contribution is -2.24. The molecule has 0 saturated heterocycles. The third kappa shape index (κ3) is 3.82. The minimum atomic E-state index is -0.130. The molecule has 0 aliphatic heterocycles. The molecule has 17 heavy (non-hydrogen) atoms. The molecule has 0 aliphatic carbocycles. The van der Waals surface area contributed by atoms with Gasteiger partial charge in [-0.2, -0.15) is 0 Å². The van der Waals surface area contributed by atoms with Crippen LogP contribution in [0.15, 0.2) is 6.07 Å². The molecule has 1 aromatic rings. The standard InChI is InChI=1S/C13H21NO2S/c1-6-16-13(15)8-12(14(4)5)11-7-9(2)17-10(11)3/h7,12H,6,8H2,1-5H3. The van der Waals surface area contributed by atoms with Crippen molar-refractivity contribution in [1.82, 2.24) is 4.90 Å². The summed E-state index contributed by atoms with van der Waals surface area (Å²) in [5, 5.41) is 0. The topological polar surface area (TPSA) is 29.5 Å². The lowest BCUT2D eigenvalue weighted by atomic mass is 10.0. The van der Waals surface area contributed by atoms with Crippen LogP contribution in [0.4, 0.5) is 0 Å². The molecule has 96 valence electrons. The zero-order chi connectivity index (χ0) is 13.0. The van der Waals surface area contributed by atoms with Gasteiger partial charge >= 0.3 is 5.97 Å². The first-order valence-corrected chi connectivity index (χ1v) is 6.66. The molecule has 4 heteroatoms. The van der Waals surface area contributed by atoms with E-state index in [9.17, 15) is 4.79 Å². The van der Waals surface area contributed by atoms with Crippen LogP contribution < -0.4 is 0 Å². The van der Waals surface area contributed by atoms with Gasteiger partial charge in [0.2, 0.25) is 0 Å². The largest absolute Gasteiger partial charge is 0.466 e. The van der Waals surface area contributed by atoms with Gasteiger partial charge in [-0.15, -0.1) is 11.3 Å². The third-order valence-corrected chi connectivity index (χ3v) is 3.71. The van der Waals surface area contributed by atoms with Crippen molar-refractivity contribution in [3.05, 3.63) is 21.4 Å². The van der Waals surface area contributed by atoms with Crippen molar-refractivity contribution < 1.29 is 9.53 Å². The Balaban J connectivity index is 2.86. The molecule has 1 rings (SSSR count). The van der Waals surface area contributed by atoms with Crippen LogP contribution in [-0.2, 0) is 9.53 Å². The van der Waals surface area contributed by atoms with Crippen LogP contribution in [-0.4, -0.2) is 31.6 Å². The van der Waals surface area contributed by atoms with Gasteiger partial charge in [0.25, 0.3) is 0 Å². The highest BCUT2D eigenvalue weighted by Gasteiger charge is 2.21. The Hall–Kier alpha value is -0.870. The third-order valence-electron chi connectivity index (χ3n) is 2.73. The zero-order valence-electron chi connectivity index (χ0n) is 11.2. The Kier molecular flexibility index (Phi) is 5.15. The van der Waals surface area contributed by atoms with Crippen molar-refractivity contribution in [1.29, 1.82) is 0 Å². The Morgan fingerprint density at radius 1 is 1.47 bits per heavy atom. The minimum Gasteiger partial charge on any atom is -0.466 e. The Bertz CT molecular complexity index is 385. The highest BCUT2D eigenvalue weighted by molar-refractivity contribution is 7.12. The number of carbonyl (C=O) groups is 1. The fourth-order valence-corrected chi connectivity index (χ4v) is 2.91. The van der Waals surface area contributed by atoms with Gasteiger partial charge in [-0.25, -0.2) is 0 Å². The molecule has 1 unspecified atom stereocenters. The highest BCUT2D eigenvalue weighted by atomic mass is 32.1. The van der Waals surface area contributed by atoms with Crippen LogP contribution >= 0.6 is 11.3 Å². The van der Waals surface area contributed by atoms with Crippen molar-refractivity contribution in [3.63, 3.8) is 0 Å². The first-order chi connectivity index (χ1) is 7.95. The smallest absolute Gasteiger partial charge is 0.307 e. The van der Waals surface area contributed by atoms with Crippen LogP contribution in [0.3, 0.4) is 0 Å². The number of esters is 1. The summed E-state index contributed by atoms with van der Waals surface area (Å²) in [4.78, 5) is 16.2. The van der Waals surface area contributed by atoms with Crippen LogP contribution in [0, 0.1) is 13.8 Å². The quantitative estimate of drug-likeness (QED) is 0.758. The fraction of sp³-hybridized carbons (Fsp3) is 0.615. The zero-order valence-corrected chi connectivity index (χ0v) is 12.1. The number of thiophene rings is 1. The molecule has 0 fully saturated rings. The molecule has 0 bridgehead atoms. The second-order valence-electron chi connectivity index (χ2n) is 4.36. The van der Waals surface area contributed by atoms with Gasteiger partial charge in [0.05, 0.1) is 13.0 Å². The molecule has 0 spiro atoms. The summed E-state index contributed by atoms with van der Waals surface area (Å²) in [6, 6.07) is 2.28. The second kappa shape index (κ2) is 6.17. The van der Waals surface area contributed by atoms with E-state index in [0.29, 0.717) is 13.0 Å². The van der Waals surface area contributed by atoms with Crippen LogP contribution in [0.1, 0.15) is 34.7 Å². The fourth-order valence-electron chi connectivity index (χ4n) is 1.93. The predicted octanol–water partition coefficient (Wildman–Crippen LogP) is 2.92. The number of ether oxygens (including phenoxy) is 1. The number of aryl methyl sites for hydroxylation is 2. The predicted molar refractivity (Wildman–Crippen MR) is 71.5 cm³/mol. The van der Waals surface area contributed by atoms with E-state index in [4.69, 9.17) is 4.74 Å². The van der Waals surface area contributed by atoms with Gasteiger partial charge in [0.1, 0.15) is 0 Å². The molecule has 0 saturated carbocycles. The highest BCUT2D eigenvalue weighted by Crippen LogP contribution is 2.31. The number of nitrogens with zero attached hydrogens (tertiary/aromatic N) is 1. The monoisotopic (exact) mass is 255 g/mol. The van der Waals surface area contributed by atoms with Crippen molar-refractivity contribution >= 4 is 17.3 Å². The molecule has 1 aromatic heterocycles. The Labute approximate surface area is 107 Å². The normalized spacial score (nSPS) is 12.8. The summed E-state index contributed by atoms with van der Waals surface area (Å²) in [7, 11) is 3.99. The number of carbonyl (C=O) groups excluding carboxylic acids is 1. The summed E-state index contributed by atoms with van der Waals surface area (Å²) >= 11 is 1.78. The van der Waals surface area contributed by atoms with Gasteiger partial charge in [-0.1, -0.05) is 0 Å². The van der Waals surface area contributed by atoms with Crippen LogP contribution in [0.5, 0.6) is 0 Å². The number of hydrogen-bond donors (Lipinski definition) is 0. The molecule has 3 nitrogen and oxygen atoms in total. The summed E-state index contributed by atoms with van der Waals surface area (Å²) in [5.74, 6) is -0.130. The van der Waals surface area contributed by atoms with Crippen LogP contribution in [0.2, 0.25) is 0 Å². The Morgan fingerprint density at radius 2 is 2.12 bits per heavy atom. The lowest BCUT2D eigenvalue weighted by Gasteiger charge is -2.23. The summed E-state index contributed by atoms with van der Waals surface area (Å²) in [6.45, 7) is 6.48. The van der Waals surface area contributed by atoms with Gasteiger partial charge in [0.15, 0.2) is 0 Å². The van der Waals surface area contributed by atoms with E-state index in [1.54, 1.807) is 11.3 Å². The van der Waals surface area contributed by atoms with Crippen molar-refractivity contribution in [2.45, 2.75) is 33.2 Å². The first-order valence-electron chi connectivity index (χ1n) is 5.84. The van der Waals surface area contributed by atoms with E-state index < -0.39 is 0 Å². The van der Waals surface area contributed by atoms with E-state index in [2.05, 4.69) is 24.8 Å². The maximum Gasteiger partial charge on any atom is 0.307 e. The molecular weight excluding hydrogens is 234 g/mol. The van der Waals surface area contributed by atoms with Crippen molar-refractivity contribution in [2.24, 2.45) is 0 Å². The summed E-state index contributed by atoms with van der Waals surface area (Å²) < 4.78 is 5.03. The van der Waals surface area contributed by atoms with E-state index in [1.807, 2.05) is 21.0 Å². The van der Waals surface area contributed by atoms with Gasteiger partial charge in [0, 0.05) is 15.8 Å². The van der Waals surface area contributed by atoms with Gasteiger partial charge in [-0.05, 0) is 46.5 Å². The first kappa shape index (κ1) is 14.2.